The van der Waals surface area contributed by atoms with Crippen molar-refractivity contribution in [1.82, 2.24) is 0 Å². The lowest BCUT2D eigenvalue weighted by atomic mass is 10.1. The van der Waals surface area contributed by atoms with Crippen molar-refractivity contribution in [2.75, 3.05) is 7.11 Å². The standard InChI is InChI=1S/C20H17NO4/c1-14(22)17-8-9-19(24-2)18(11-17)13-25-20(23)10-7-15-3-5-16(12-21)6-4-15/h3-11H,13H2,1-2H3/b10-7+. The van der Waals surface area contributed by atoms with E-state index < -0.39 is 5.97 Å². The maximum Gasteiger partial charge on any atom is 0.331 e. The number of carbonyl (C=O) groups is 2. The Morgan fingerprint density at radius 2 is 1.88 bits per heavy atom. The molecule has 0 spiro atoms. The van der Waals surface area contributed by atoms with Gasteiger partial charge in [0.15, 0.2) is 5.78 Å². The van der Waals surface area contributed by atoms with Crippen LogP contribution in [0, 0.1) is 11.3 Å². The number of esters is 1. The van der Waals surface area contributed by atoms with E-state index in [1.54, 1.807) is 48.5 Å². The fraction of sp³-hybridized carbons (Fsp3) is 0.150. The first-order valence-electron chi connectivity index (χ1n) is 7.56. The second-order valence-corrected chi connectivity index (χ2v) is 5.26. The highest BCUT2D eigenvalue weighted by molar-refractivity contribution is 5.94. The van der Waals surface area contributed by atoms with Gasteiger partial charge in [-0.05, 0) is 48.9 Å². The Hall–Kier alpha value is -3.39. The predicted octanol–water partition coefficient (Wildman–Crippen LogP) is 3.53. The Bertz CT molecular complexity index is 845. The van der Waals surface area contributed by atoms with Crippen molar-refractivity contribution in [3.05, 3.63) is 70.8 Å². The van der Waals surface area contributed by atoms with E-state index in [1.807, 2.05) is 6.07 Å². The minimum absolute atomic E-state index is 0.000830. The lowest BCUT2D eigenvalue weighted by Gasteiger charge is -2.09. The third kappa shape index (κ3) is 5.05. The minimum atomic E-state index is -0.514. The molecule has 0 aliphatic heterocycles. The molecule has 0 bridgehead atoms. The van der Waals surface area contributed by atoms with Crippen molar-refractivity contribution in [2.24, 2.45) is 0 Å². The summed E-state index contributed by atoms with van der Waals surface area (Å²) in [5.74, 6) is -0.0375. The van der Waals surface area contributed by atoms with Gasteiger partial charge in [-0.15, -0.1) is 0 Å². The summed E-state index contributed by atoms with van der Waals surface area (Å²) < 4.78 is 10.4. The Labute approximate surface area is 146 Å². The number of methoxy groups -OCH3 is 1. The summed E-state index contributed by atoms with van der Waals surface area (Å²) in [6.45, 7) is 1.47. The number of nitrogens with zero attached hydrogens (tertiary/aromatic N) is 1. The first-order chi connectivity index (χ1) is 12.0. The second kappa shape index (κ2) is 8.46. The van der Waals surface area contributed by atoms with E-state index in [4.69, 9.17) is 14.7 Å². The zero-order valence-corrected chi connectivity index (χ0v) is 14.0. The minimum Gasteiger partial charge on any atom is -0.496 e. The Balaban J connectivity index is 2.01. The average molecular weight is 335 g/mol. The van der Waals surface area contributed by atoms with Crippen LogP contribution in [-0.4, -0.2) is 18.9 Å². The van der Waals surface area contributed by atoms with Gasteiger partial charge in [-0.3, -0.25) is 4.79 Å². The number of hydrogen-bond donors (Lipinski definition) is 0. The van der Waals surface area contributed by atoms with Crippen LogP contribution < -0.4 is 4.74 Å². The summed E-state index contributed by atoms with van der Waals surface area (Å²) in [5, 5.41) is 8.75. The highest BCUT2D eigenvalue weighted by Crippen LogP contribution is 2.21. The van der Waals surface area contributed by atoms with Crippen LogP contribution in [0.5, 0.6) is 5.75 Å². The van der Waals surface area contributed by atoms with Gasteiger partial charge in [0.05, 0.1) is 18.7 Å². The smallest absolute Gasteiger partial charge is 0.331 e. The van der Waals surface area contributed by atoms with Gasteiger partial charge in [0.1, 0.15) is 12.4 Å². The summed E-state index contributed by atoms with van der Waals surface area (Å²) in [4.78, 5) is 23.3. The normalized spacial score (nSPS) is 10.3. The summed E-state index contributed by atoms with van der Waals surface area (Å²) in [5.41, 5.74) is 2.49. The molecule has 0 unspecified atom stereocenters. The van der Waals surface area contributed by atoms with E-state index in [2.05, 4.69) is 0 Å². The van der Waals surface area contributed by atoms with Gasteiger partial charge in [0.25, 0.3) is 0 Å². The Kier molecular flexibility index (Phi) is 6.08. The number of ketones is 1. The van der Waals surface area contributed by atoms with Gasteiger partial charge in [-0.25, -0.2) is 4.79 Å². The molecular formula is C20H17NO4. The van der Waals surface area contributed by atoms with E-state index in [-0.39, 0.29) is 12.4 Å². The first-order valence-corrected chi connectivity index (χ1v) is 7.56. The van der Waals surface area contributed by atoms with Gasteiger partial charge in [-0.1, -0.05) is 12.1 Å². The third-order valence-electron chi connectivity index (χ3n) is 3.51. The maximum absolute atomic E-state index is 11.9. The number of hydrogen-bond acceptors (Lipinski definition) is 5. The highest BCUT2D eigenvalue weighted by atomic mass is 16.5. The van der Waals surface area contributed by atoms with Gasteiger partial charge < -0.3 is 9.47 Å². The van der Waals surface area contributed by atoms with Crippen molar-refractivity contribution in [2.45, 2.75) is 13.5 Å². The van der Waals surface area contributed by atoms with Gasteiger partial charge in [0, 0.05) is 17.2 Å². The molecule has 0 aliphatic rings. The van der Waals surface area contributed by atoms with Crippen LogP contribution in [0.3, 0.4) is 0 Å². The second-order valence-electron chi connectivity index (χ2n) is 5.26. The van der Waals surface area contributed by atoms with Crippen molar-refractivity contribution in [3.8, 4) is 11.8 Å². The molecule has 0 radical (unpaired) electrons. The molecule has 0 atom stereocenters. The van der Waals surface area contributed by atoms with E-state index in [0.29, 0.717) is 22.4 Å². The van der Waals surface area contributed by atoms with Crippen LogP contribution >= 0.6 is 0 Å². The van der Waals surface area contributed by atoms with Crippen LogP contribution in [-0.2, 0) is 16.1 Å². The third-order valence-corrected chi connectivity index (χ3v) is 3.51. The lowest BCUT2D eigenvalue weighted by molar-refractivity contribution is -0.138. The fourth-order valence-corrected chi connectivity index (χ4v) is 2.14. The van der Waals surface area contributed by atoms with Crippen LogP contribution in [0.1, 0.15) is 34.0 Å². The van der Waals surface area contributed by atoms with E-state index in [9.17, 15) is 9.59 Å². The molecule has 0 N–H and O–H groups in total. The molecular weight excluding hydrogens is 318 g/mol. The molecule has 0 aromatic heterocycles. The number of Topliss-reactive ketones (excluding diaryl/α,β-unsaturated/α-hetero) is 1. The molecule has 5 heteroatoms. The van der Waals surface area contributed by atoms with Crippen LogP contribution in [0.2, 0.25) is 0 Å². The summed E-state index contributed by atoms with van der Waals surface area (Å²) >= 11 is 0. The van der Waals surface area contributed by atoms with Gasteiger partial charge in [-0.2, -0.15) is 5.26 Å². The molecule has 0 saturated carbocycles. The van der Waals surface area contributed by atoms with Crippen LogP contribution in [0.4, 0.5) is 0 Å². The zero-order chi connectivity index (χ0) is 18.2. The lowest BCUT2D eigenvalue weighted by Crippen LogP contribution is -2.04. The molecule has 2 aromatic rings. The fourth-order valence-electron chi connectivity index (χ4n) is 2.14. The summed E-state index contributed by atoms with van der Waals surface area (Å²) in [6.07, 6.45) is 2.91. The van der Waals surface area contributed by atoms with Crippen molar-refractivity contribution >= 4 is 17.8 Å². The number of benzene rings is 2. The van der Waals surface area contributed by atoms with Crippen molar-refractivity contribution in [1.29, 1.82) is 5.26 Å². The van der Waals surface area contributed by atoms with Crippen LogP contribution in [0.25, 0.3) is 6.08 Å². The van der Waals surface area contributed by atoms with Gasteiger partial charge in [0.2, 0.25) is 0 Å². The summed E-state index contributed by atoms with van der Waals surface area (Å²) in [6, 6.07) is 13.8. The topological polar surface area (TPSA) is 76.4 Å². The van der Waals surface area contributed by atoms with E-state index in [0.717, 1.165) is 5.56 Å². The van der Waals surface area contributed by atoms with Crippen molar-refractivity contribution < 1.29 is 19.1 Å². The van der Waals surface area contributed by atoms with E-state index in [1.165, 1.54) is 20.1 Å². The number of ether oxygens (including phenoxy) is 2. The van der Waals surface area contributed by atoms with E-state index >= 15 is 0 Å². The summed E-state index contributed by atoms with van der Waals surface area (Å²) in [7, 11) is 1.51. The SMILES string of the molecule is COc1ccc(C(C)=O)cc1COC(=O)/C=C/c1ccc(C#N)cc1. The monoisotopic (exact) mass is 335 g/mol. The van der Waals surface area contributed by atoms with Crippen molar-refractivity contribution in [3.63, 3.8) is 0 Å². The molecule has 2 rings (SSSR count). The zero-order valence-electron chi connectivity index (χ0n) is 14.0. The number of carbonyl (C=O) groups excluding carboxylic acids is 2. The molecule has 0 amide bonds. The van der Waals surface area contributed by atoms with Gasteiger partial charge >= 0.3 is 5.97 Å². The quantitative estimate of drug-likeness (QED) is 0.458. The molecule has 0 aliphatic carbocycles. The maximum atomic E-state index is 11.9. The Morgan fingerprint density at radius 1 is 1.16 bits per heavy atom. The molecule has 25 heavy (non-hydrogen) atoms. The number of nitriles is 1. The molecule has 0 saturated heterocycles. The molecule has 126 valence electrons. The number of rotatable bonds is 6. The molecule has 0 heterocycles. The predicted molar refractivity (Wildman–Crippen MR) is 93.0 cm³/mol. The average Bonchev–Trinajstić information content (AvgIpc) is 2.64. The largest absolute Gasteiger partial charge is 0.496 e. The molecule has 0 fully saturated rings. The molecule has 5 nitrogen and oxygen atoms in total. The van der Waals surface area contributed by atoms with Crippen LogP contribution in [0.15, 0.2) is 48.5 Å². The molecule has 2 aromatic carbocycles. The first kappa shape index (κ1) is 18.0. The Morgan fingerprint density at radius 3 is 2.48 bits per heavy atom. The highest BCUT2D eigenvalue weighted by Gasteiger charge is 2.09.